The maximum atomic E-state index is 12.2. The third-order valence-electron chi connectivity index (χ3n) is 2.71. The summed E-state index contributed by atoms with van der Waals surface area (Å²) in [7, 11) is 3.44. The summed E-state index contributed by atoms with van der Waals surface area (Å²) in [6, 6.07) is 5.46. The number of ether oxygens (including phenoxy) is 1. The van der Waals surface area contributed by atoms with Crippen LogP contribution >= 0.6 is 0 Å². The average Bonchev–Trinajstić information content (AvgIpc) is 2.44. The molecule has 1 aromatic rings. The number of aromatic nitrogens is 1. The summed E-state index contributed by atoms with van der Waals surface area (Å²) in [5.41, 5.74) is 0.473. The maximum Gasteiger partial charge on any atom is 0.272 e. The van der Waals surface area contributed by atoms with Crippen LogP contribution in [0.4, 0.5) is 5.82 Å². The van der Waals surface area contributed by atoms with Crippen LogP contribution in [0.3, 0.4) is 0 Å². The highest BCUT2D eigenvalue weighted by molar-refractivity contribution is 5.92. The van der Waals surface area contributed by atoms with Crippen LogP contribution in [-0.2, 0) is 4.74 Å². The molecule has 5 heteroatoms. The van der Waals surface area contributed by atoms with E-state index in [0.29, 0.717) is 18.8 Å². The minimum absolute atomic E-state index is 0.0590. The van der Waals surface area contributed by atoms with Crippen molar-refractivity contribution >= 4 is 11.7 Å². The summed E-state index contributed by atoms with van der Waals surface area (Å²) in [4.78, 5) is 18.2. The molecule has 106 valence electrons. The molecule has 1 rings (SSSR count). The summed E-state index contributed by atoms with van der Waals surface area (Å²) < 4.78 is 4.98. The first kappa shape index (κ1) is 15.4. The van der Waals surface area contributed by atoms with Crippen LogP contribution in [0.5, 0.6) is 0 Å². The van der Waals surface area contributed by atoms with Gasteiger partial charge in [-0.05, 0) is 25.0 Å². The Hall–Kier alpha value is -1.62. The van der Waals surface area contributed by atoms with Crippen LogP contribution < -0.4 is 5.32 Å². The van der Waals surface area contributed by atoms with E-state index in [-0.39, 0.29) is 5.91 Å². The van der Waals surface area contributed by atoms with E-state index >= 15 is 0 Å². The normalized spacial score (nSPS) is 10.3. The van der Waals surface area contributed by atoms with E-state index in [1.54, 1.807) is 25.1 Å². The van der Waals surface area contributed by atoms with Crippen LogP contribution in [0.2, 0.25) is 0 Å². The van der Waals surface area contributed by atoms with E-state index < -0.39 is 0 Å². The third-order valence-corrected chi connectivity index (χ3v) is 2.71. The SMILES string of the molecule is CCCNc1cccc(C(=O)N(C)CCCOC)n1. The number of nitrogens with zero attached hydrogens (tertiary/aromatic N) is 2. The lowest BCUT2D eigenvalue weighted by Gasteiger charge is -2.16. The number of amides is 1. The molecule has 1 aromatic heterocycles. The van der Waals surface area contributed by atoms with Crippen molar-refractivity contribution in [3.8, 4) is 0 Å². The second-order valence-electron chi connectivity index (χ2n) is 4.41. The molecule has 0 radical (unpaired) electrons. The van der Waals surface area contributed by atoms with Crippen molar-refractivity contribution in [2.75, 3.05) is 39.2 Å². The number of nitrogens with one attached hydrogen (secondary N) is 1. The van der Waals surface area contributed by atoms with Crippen molar-refractivity contribution in [1.82, 2.24) is 9.88 Å². The zero-order chi connectivity index (χ0) is 14.1. The first-order valence-corrected chi connectivity index (χ1v) is 6.64. The largest absolute Gasteiger partial charge is 0.385 e. The Kier molecular flexibility index (Phi) is 6.89. The fourth-order valence-electron chi connectivity index (χ4n) is 1.65. The van der Waals surface area contributed by atoms with Gasteiger partial charge >= 0.3 is 0 Å². The van der Waals surface area contributed by atoms with E-state index in [1.165, 1.54) is 0 Å². The Morgan fingerprint density at radius 1 is 1.47 bits per heavy atom. The van der Waals surface area contributed by atoms with Gasteiger partial charge in [0.05, 0.1) is 0 Å². The van der Waals surface area contributed by atoms with E-state index in [1.807, 2.05) is 12.1 Å². The zero-order valence-corrected chi connectivity index (χ0v) is 12.0. The van der Waals surface area contributed by atoms with Gasteiger partial charge in [0.25, 0.3) is 5.91 Å². The number of hydrogen-bond acceptors (Lipinski definition) is 4. The van der Waals surface area contributed by atoms with Crippen LogP contribution in [-0.4, -0.2) is 49.6 Å². The maximum absolute atomic E-state index is 12.2. The highest BCUT2D eigenvalue weighted by Crippen LogP contribution is 2.07. The fourth-order valence-corrected chi connectivity index (χ4v) is 1.65. The van der Waals surface area contributed by atoms with Gasteiger partial charge in [0, 0.05) is 33.9 Å². The van der Waals surface area contributed by atoms with Gasteiger partial charge in [0.1, 0.15) is 11.5 Å². The molecule has 0 atom stereocenters. The first-order chi connectivity index (χ1) is 9.19. The molecular formula is C14H23N3O2. The molecule has 0 saturated heterocycles. The Morgan fingerprint density at radius 3 is 2.95 bits per heavy atom. The predicted octanol–water partition coefficient (Wildman–Crippen LogP) is 2.01. The Bertz CT molecular complexity index is 396. The van der Waals surface area contributed by atoms with E-state index in [4.69, 9.17) is 4.74 Å². The van der Waals surface area contributed by atoms with Crippen LogP contribution in [0.15, 0.2) is 18.2 Å². The molecular weight excluding hydrogens is 242 g/mol. The summed E-state index contributed by atoms with van der Waals surface area (Å²) in [6.07, 6.45) is 1.85. The van der Waals surface area contributed by atoms with Crippen molar-refractivity contribution in [3.63, 3.8) is 0 Å². The van der Waals surface area contributed by atoms with Gasteiger partial charge in [0.15, 0.2) is 0 Å². The molecule has 0 fully saturated rings. The lowest BCUT2D eigenvalue weighted by atomic mass is 10.3. The lowest BCUT2D eigenvalue weighted by molar-refractivity contribution is 0.0774. The molecule has 1 amide bonds. The second-order valence-corrected chi connectivity index (χ2v) is 4.41. The molecule has 0 spiro atoms. The first-order valence-electron chi connectivity index (χ1n) is 6.64. The molecule has 0 aliphatic carbocycles. The molecule has 1 N–H and O–H groups in total. The van der Waals surface area contributed by atoms with Gasteiger partial charge < -0.3 is 15.0 Å². The number of carbonyl (C=O) groups is 1. The molecule has 0 aliphatic heterocycles. The van der Waals surface area contributed by atoms with Crippen molar-refractivity contribution in [2.45, 2.75) is 19.8 Å². The fraction of sp³-hybridized carbons (Fsp3) is 0.571. The molecule has 1 heterocycles. The third kappa shape index (κ3) is 5.26. The summed E-state index contributed by atoms with van der Waals surface area (Å²) in [5.74, 6) is 0.689. The van der Waals surface area contributed by atoms with E-state index in [0.717, 1.165) is 25.2 Å². The van der Waals surface area contributed by atoms with Gasteiger partial charge in [-0.3, -0.25) is 4.79 Å². The van der Waals surface area contributed by atoms with Crippen LogP contribution in [0.25, 0.3) is 0 Å². The molecule has 19 heavy (non-hydrogen) atoms. The van der Waals surface area contributed by atoms with E-state index in [2.05, 4.69) is 17.2 Å². The molecule has 0 aliphatic rings. The predicted molar refractivity (Wildman–Crippen MR) is 76.5 cm³/mol. The highest BCUT2D eigenvalue weighted by atomic mass is 16.5. The topological polar surface area (TPSA) is 54.5 Å². The van der Waals surface area contributed by atoms with Gasteiger partial charge in [0.2, 0.25) is 0 Å². The average molecular weight is 265 g/mol. The number of pyridine rings is 1. The number of anilines is 1. The summed E-state index contributed by atoms with van der Waals surface area (Å²) in [6.45, 7) is 4.27. The zero-order valence-electron chi connectivity index (χ0n) is 12.0. The molecule has 0 saturated carbocycles. The van der Waals surface area contributed by atoms with Crippen LogP contribution in [0.1, 0.15) is 30.3 Å². The van der Waals surface area contributed by atoms with Crippen molar-refractivity contribution in [1.29, 1.82) is 0 Å². The molecule has 5 nitrogen and oxygen atoms in total. The lowest BCUT2D eigenvalue weighted by Crippen LogP contribution is -2.29. The number of rotatable bonds is 8. The van der Waals surface area contributed by atoms with Gasteiger partial charge in [-0.2, -0.15) is 0 Å². The molecule has 0 aromatic carbocycles. The summed E-state index contributed by atoms with van der Waals surface area (Å²) in [5, 5.41) is 3.18. The minimum atomic E-state index is -0.0590. The Morgan fingerprint density at radius 2 is 2.26 bits per heavy atom. The monoisotopic (exact) mass is 265 g/mol. The van der Waals surface area contributed by atoms with Crippen molar-refractivity contribution in [2.24, 2.45) is 0 Å². The van der Waals surface area contributed by atoms with Gasteiger partial charge in [-0.1, -0.05) is 13.0 Å². The molecule has 0 bridgehead atoms. The second kappa shape index (κ2) is 8.48. The van der Waals surface area contributed by atoms with Crippen LogP contribution in [0, 0.1) is 0 Å². The summed E-state index contributed by atoms with van der Waals surface area (Å²) >= 11 is 0. The smallest absolute Gasteiger partial charge is 0.272 e. The van der Waals surface area contributed by atoms with Gasteiger partial charge in [-0.15, -0.1) is 0 Å². The standard InChI is InChI=1S/C14H23N3O2/c1-4-9-15-13-8-5-7-12(16-13)14(18)17(2)10-6-11-19-3/h5,7-8H,4,6,9-11H2,1-3H3,(H,15,16). The number of hydrogen-bond donors (Lipinski definition) is 1. The van der Waals surface area contributed by atoms with Crippen molar-refractivity contribution in [3.05, 3.63) is 23.9 Å². The van der Waals surface area contributed by atoms with Crippen molar-refractivity contribution < 1.29 is 9.53 Å². The number of methoxy groups -OCH3 is 1. The quantitative estimate of drug-likeness (QED) is 0.731. The van der Waals surface area contributed by atoms with Gasteiger partial charge in [-0.25, -0.2) is 4.98 Å². The number of carbonyl (C=O) groups excluding carboxylic acids is 1. The highest BCUT2D eigenvalue weighted by Gasteiger charge is 2.13. The minimum Gasteiger partial charge on any atom is -0.385 e. The Balaban J connectivity index is 2.60. The molecule has 0 unspecified atom stereocenters. The van der Waals surface area contributed by atoms with E-state index in [9.17, 15) is 4.79 Å². The Labute approximate surface area is 115 Å².